The van der Waals surface area contributed by atoms with E-state index < -0.39 is 6.03 Å². The highest BCUT2D eigenvalue weighted by molar-refractivity contribution is 5.72. The van der Waals surface area contributed by atoms with Crippen molar-refractivity contribution in [1.29, 1.82) is 0 Å². The summed E-state index contributed by atoms with van der Waals surface area (Å²) in [6.45, 7) is 1.62. The van der Waals surface area contributed by atoms with Gasteiger partial charge in [-0.15, -0.1) is 0 Å². The molecule has 0 radical (unpaired) electrons. The van der Waals surface area contributed by atoms with Crippen molar-refractivity contribution in [2.75, 3.05) is 13.2 Å². The number of hydrogen-bond acceptors (Lipinski definition) is 4. The van der Waals surface area contributed by atoms with E-state index in [0.717, 1.165) is 44.5 Å². The van der Waals surface area contributed by atoms with Crippen LogP contribution in [0.4, 0.5) is 4.79 Å². The number of amides is 2. The van der Waals surface area contributed by atoms with Gasteiger partial charge in [0.2, 0.25) is 0 Å². The fourth-order valence-electron chi connectivity index (χ4n) is 3.85. The van der Waals surface area contributed by atoms with Gasteiger partial charge in [-0.2, -0.15) is 0 Å². The largest absolute Gasteiger partial charge is 0.376 e. The molecule has 29 heavy (non-hydrogen) atoms. The molecule has 2 aliphatic heterocycles. The third-order valence-corrected chi connectivity index (χ3v) is 5.34. The van der Waals surface area contributed by atoms with Crippen LogP contribution in [0, 0.1) is 0 Å². The normalized spacial score (nSPS) is 22.9. The second-order valence-electron chi connectivity index (χ2n) is 7.44. The molecule has 4 rings (SSSR count). The standard InChI is InChI=1S/C12H16N2O2.C11H15NO/c13-12(15)14-11(10-7-4-8-16-10)9-5-2-1-3-6-9;12-11(10-7-4-8-13-10)9-5-2-1-3-6-9/h1-3,5-6,10-11H,4,7-8H2,(H3,13,14,15);1-3,5-6,10-11H,4,7-8,12H2. The number of carbonyl (C=O) groups excluding carboxylic acids is 1. The van der Waals surface area contributed by atoms with Crippen LogP contribution in [0.5, 0.6) is 0 Å². The highest BCUT2D eigenvalue weighted by Gasteiger charge is 2.28. The van der Waals surface area contributed by atoms with Gasteiger partial charge in [0, 0.05) is 13.2 Å². The maximum Gasteiger partial charge on any atom is 0.312 e. The summed E-state index contributed by atoms with van der Waals surface area (Å²) < 4.78 is 11.1. The van der Waals surface area contributed by atoms with Crippen molar-refractivity contribution in [2.45, 2.75) is 50.0 Å². The Morgan fingerprint density at radius 2 is 1.38 bits per heavy atom. The lowest BCUT2D eigenvalue weighted by Crippen LogP contribution is -2.39. The van der Waals surface area contributed by atoms with E-state index >= 15 is 0 Å². The Bertz CT molecular complexity index is 730. The molecule has 0 aliphatic carbocycles. The number of nitrogens with one attached hydrogen (secondary N) is 1. The summed E-state index contributed by atoms with van der Waals surface area (Å²) in [5.41, 5.74) is 13.5. The minimum Gasteiger partial charge on any atom is -0.376 e. The number of ether oxygens (including phenoxy) is 2. The van der Waals surface area contributed by atoms with E-state index in [-0.39, 0.29) is 24.3 Å². The molecule has 2 aromatic carbocycles. The fraction of sp³-hybridized carbons (Fsp3) is 0.435. The molecule has 2 fully saturated rings. The Hall–Kier alpha value is -2.41. The first-order valence-corrected chi connectivity index (χ1v) is 10.3. The summed E-state index contributed by atoms with van der Waals surface area (Å²) >= 11 is 0. The van der Waals surface area contributed by atoms with E-state index in [4.69, 9.17) is 20.9 Å². The Labute approximate surface area is 172 Å². The number of carbonyl (C=O) groups is 1. The lowest BCUT2D eigenvalue weighted by Gasteiger charge is -2.23. The van der Waals surface area contributed by atoms with E-state index in [2.05, 4.69) is 17.4 Å². The molecule has 2 aliphatic rings. The van der Waals surface area contributed by atoms with Crippen molar-refractivity contribution < 1.29 is 14.3 Å². The van der Waals surface area contributed by atoms with Crippen molar-refractivity contribution in [1.82, 2.24) is 5.32 Å². The van der Waals surface area contributed by atoms with Crippen molar-refractivity contribution in [3.63, 3.8) is 0 Å². The van der Waals surface area contributed by atoms with Gasteiger partial charge in [0.1, 0.15) is 0 Å². The molecule has 2 heterocycles. The topological polar surface area (TPSA) is 99.6 Å². The van der Waals surface area contributed by atoms with Gasteiger partial charge in [0.25, 0.3) is 0 Å². The number of nitrogens with two attached hydrogens (primary N) is 2. The summed E-state index contributed by atoms with van der Waals surface area (Å²) in [7, 11) is 0. The molecule has 6 nitrogen and oxygen atoms in total. The summed E-state index contributed by atoms with van der Waals surface area (Å²) in [4.78, 5) is 11.0. The summed E-state index contributed by atoms with van der Waals surface area (Å²) in [5.74, 6) is 0. The molecular formula is C23H31N3O3. The lowest BCUT2D eigenvalue weighted by molar-refractivity contribution is 0.0813. The molecule has 2 amide bonds. The Morgan fingerprint density at radius 1 is 0.862 bits per heavy atom. The van der Waals surface area contributed by atoms with Gasteiger partial charge in [-0.3, -0.25) is 0 Å². The maximum absolute atomic E-state index is 11.0. The Morgan fingerprint density at radius 3 is 1.86 bits per heavy atom. The van der Waals surface area contributed by atoms with Crippen LogP contribution in [-0.2, 0) is 9.47 Å². The highest BCUT2D eigenvalue weighted by atomic mass is 16.5. The van der Waals surface area contributed by atoms with Gasteiger partial charge in [-0.1, -0.05) is 60.7 Å². The van der Waals surface area contributed by atoms with E-state index in [9.17, 15) is 4.79 Å². The predicted molar refractivity (Wildman–Crippen MR) is 113 cm³/mol. The van der Waals surface area contributed by atoms with Crippen molar-refractivity contribution >= 4 is 6.03 Å². The van der Waals surface area contributed by atoms with Gasteiger partial charge in [-0.05, 0) is 36.8 Å². The Kier molecular flexibility index (Phi) is 8.04. The zero-order valence-corrected chi connectivity index (χ0v) is 16.7. The van der Waals surface area contributed by atoms with Gasteiger partial charge < -0.3 is 26.3 Å². The first kappa shape index (κ1) is 21.3. The third kappa shape index (κ3) is 6.29. The smallest absolute Gasteiger partial charge is 0.312 e. The van der Waals surface area contributed by atoms with Crippen LogP contribution in [0.1, 0.15) is 48.9 Å². The van der Waals surface area contributed by atoms with E-state index in [1.54, 1.807) is 0 Å². The number of rotatable bonds is 5. The SMILES string of the molecule is NC(=O)NC(c1ccccc1)C1CCCO1.NC(c1ccccc1)C1CCCO1. The summed E-state index contributed by atoms with van der Waals surface area (Å²) in [6.07, 6.45) is 4.49. The molecule has 4 unspecified atom stereocenters. The van der Waals surface area contributed by atoms with Crippen LogP contribution in [0.15, 0.2) is 60.7 Å². The second kappa shape index (κ2) is 11.0. The first-order valence-electron chi connectivity index (χ1n) is 10.3. The molecule has 0 aromatic heterocycles. The lowest BCUT2D eigenvalue weighted by atomic mass is 9.99. The van der Waals surface area contributed by atoms with E-state index in [1.165, 1.54) is 5.56 Å². The second-order valence-corrected chi connectivity index (χ2v) is 7.44. The van der Waals surface area contributed by atoms with Crippen LogP contribution in [0.3, 0.4) is 0 Å². The van der Waals surface area contributed by atoms with Crippen LogP contribution in [0.25, 0.3) is 0 Å². The molecule has 0 spiro atoms. The van der Waals surface area contributed by atoms with Gasteiger partial charge >= 0.3 is 6.03 Å². The van der Waals surface area contributed by atoms with Crippen LogP contribution in [-0.4, -0.2) is 31.5 Å². The van der Waals surface area contributed by atoms with E-state index in [1.807, 2.05) is 48.5 Å². The quantitative estimate of drug-likeness (QED) is 0.719. The van der Waals surface area contributed by atoms with Crippen molar-refractivity contribution in [3.8, 4) is 0 Å². The minimum absolute atomic E-state index is 0.0369. The molecule has 156 valence electrons. The molecule has 5 N–H and O–H groups in total. The average molecular weight is 398 g/mol. The van der Waals surface area contributed by atoms with Crippen molar-refractivity contribution in [2.24, 2.45) is 11.5 Å². The van der Waals surface area contributed by atoms with Crippen LogP contribution >= 0.6 is 0 Å². The number of benzene rings is 2. The molecule has 4 atom stereocenters. The Balaban J connectivity index is 0.000000169. The van der Waals surface area contributed by atoms with Gasteiger partial charge in [-0.25, -0.2) is 4.79 Å². The molecule has 2 saturated heterocycles. The molecule has 0 saturated carbocycles. The molecule has 6 heteroatoms. The van der Waals surface area contributed by atoms with Gasteiger partial charge in [0.15, 0.2) is 0 Å². The number of hydrogen-bond donors (Lipinski definition) is 3. The predicted octanol–water partition coefficient (Wildman–Crippen LogP) is 3.44. The molecule has 0 bridgehead atoms. The van der Waals surface area contributed by atoms with E-state index in [0.29, 0.717) is 0 Å². The third-order valence-electron chi connectivity index (χ3n) is 5.34. The summed E-state index contributed by atoms with van der Waals surface area (Å²) in [5, 5.41) is 2.75. The van der Waals surface area contributed by atoms with Gasteiger partial charge in [0.05, 0.1) is 24.3 Å². The molecular weight excluding hydrogens is 366 g/mol. The fourth-order valence-corrected chi connectivity index (χ4v) is 3.85. The zero-order chi connectivity index (χ0) is 20.5. The first-order chi connectivity index (χ1) is 14.1. The van der Waals surface area contributed by atoms with Crippen molar-refractivity contribution in [3.05, 3.63) is 71.8 Å². The average Bonchev–Trinajstić information content (AvgIpc) is 3.47. The number of urea groups is 1. The molecule has 2 aromatic rings. The van der Waals surface area contributed by atoms with Crippen LogP contribution in [0.2, 0.25) is 0 Å². The number of primary amides is 1. The maximum atomic E-state index is 11.0. The highest BCUT2D eigenvalue weighted by Crippen LogP contribution is 2.26. The van der Waals surface area contributed by atoms with Crippen LogP contribution < -0.4 is 16.8 Å². The minimum atomic E-state index is -0.510. The monoisotopic (exact) mass is 397 g/mol. The zero-order valence-electron chi connectivity index (χ0n) is 16.7. The summed E-state index contributed by atoms with van der Waals surface area (Å²) in [6, 6.07) is 19.3.